The second-order valence-electron chi connectivity index (χ2n) is 0. The molecular weight excluding hydrogens is 143 g/mol. The fraction of sp³-hybridized carbons (Fsp3) is 0. The predicted octanol–water partition coefficient (Wildman–Crippen LogP) is -0.301. The van der Waals surface area contributed by atoms with Crippen molar-refractivity contribution in [1.82, 2.24) is 0 Å². The minimum Gasteiger partial charge on any atom is -2.00 e. The van der Waals surface area contributed by atoms with Gasteiger partial charge in [-0.25, -0.2) is 0 Å². The molecule has 0 unspecified atom stereocenters. The first-order chi connectivity index (χ1) is 0. The normalized spacial score (nSPS) is 0. The van der Waals surface area contributed by atoms with Gasteiger partial charge in [-0.1, -0.05) is 0 Å². The smallest absolute Gasteiger partial charge is 2.00 e. The molecule has 0 saturated carbocycles. The molecule has 1 N–H and O–H groups in total. The van der Waals surface area contributed by atoms with Crippen molar-refractivity contribution in [3.63, 3.8) is 0 Å². The van der Waals surface area contributed by atoms with Gasteiger partial charge in [0.25, 0.3) is 0 Å². The van der Waals surface area contributed by atoms with E-state index in [4.69, 9.17) is 0 Å². The average molecular weight is 144 g/mol. The van der Waals surface area contributed by atoms with Crippen LogP contribution in [-0.2, 0) is 39.6 Å². The SMILES string of the molecule is [Fe+3].[Mn].[O-2].[OH-]. The third-order valence-electron chi connectivity index (χ3n) is 0. The molecule has 0 aliphatic carbocycles. The molecule has 0 atom stereocenters. The largest absolute Gasteiger partial charge is 3.00 e. The monoisotopic (exact) mass is 144 g/mol. The van der Waals surface area contributed by atoms with Gasteiger partial charge in [-0.2, -0.15) is 0 Å². The molecule has 2 radical (unpaired) electrons. The standard InChI is InChI=1S/Fe.Mn.H2O.O/h;;1H2;/q+3;;;-2/p-1. The maximum atomic E-state index is 0. The Morgan fingerprint density at radius 2 is 1.00 bits per heavy atom. The Hall–Kier alpha value is 0.959. The Balaban J connectivity index is 0. The van der Waals surface area contributed by atoms with Crippen LogP contribution in [0.3, 0.4) is 0 Å². The van der Waals surface area contributed by atoms with Gasteiger partial charge in [0.05, 0.1) is 0 Å². The van der Waals surface area contributed by atoms with Gasteiger partial charge in [-0.3, -0.25) is 0 Å². The van der Waals surface area contributed by atoms with E-state index in [1.807, 2.05) is 0 Å². The van der Waals surface area contributed by atoms with Crippen molar-refractivity contribution < 1.29 is 45.1 Å². The Morgan fingerprint density at radius 3 is 1.00 bits per heavy atom. The molecule has 0 spiro atoms. The van der Waals surface area contributed by atoms with Crippen LogP contribution in [-0.4, -0.2) is 5.48 Å². The van der Waals surface area contributed by atoms with E-state index in [2.05, 4.69) is 0 Å². The summed E-state index contributed by atoms with van der Waals surface area (Å²) in [6, 6.07) is 0. The molecule has 0 aliphatic heterocycles. The van der Waals surface area contributed by atoms with Crippen molar-refractivity contribution in [1.29, 1.82) is 0 Å². The topological polar surface area (TPSA) is 58.5 Å². The quantitative estimate of drug-likeness (QED) is 0.430. The summed E-state index contributed by atoms with van der Waals surface area (Å²) in [6.45, 7) is 0. The Bertz CT molecular complexity index is 6.00. The van der Waals surface area contributed by atoms with E-state index >= 15 is 0 Å². The average Bonchev–Trinajstić information content (AvgIpc) is 0. The zero-order chi connectivity index (χ0) is 0. The van der Waals surface area contributed by atoms with E-state index in [1.165, 1.54) is 0 Å². The van der Waals surface area contributed by atoms with Crippen LogP contribution >= 0.6 is 0 Å². The third kappa shape index (κ3) is 12.3. The minimum atomic E-state index is 0. The summed E-state index contributed by atoms with van der Waals surface area (Å²) in [5, 5.41) is 0. The van der Waals surface area contributed by atoms with Crippen LogP contribution in [0.4, 0.5) is 0 Å². The second kappa shape index (κ2) is 37.7. The fourth-order valence-electron chi connectivity index (χ4n) is 0. The summed E-state index contributed by atoms with van der Waals surface area (Å²) in [7, 11) is 0. The molecule has 2 nitrogen and oxygen atoms in total. The van der Waals surface area contributed by atoms with Gasteiger partial charge in [0.1, 0.15) is 0 Å². The first-order valence-corrected chi connectivity index (χ1v) is 0. The molecule has 0 heterocycles. The van der Waals surface area contributed by atoms with Gasteiger partial charge in [-0.05, 0) is 0 Å². The molecule has 0 bridgehead atoms. The maximum absolute atomic E-state index is 0. The van der Waals surface area contributed by atoms with E-state index < -0.39 is 0 Å². The van der Waals surface area contributed by atoms with Gasteiger partial charge in [-0.15, -0.1) is 0 Å². The zero-order valence-corrected chi connectivity index (χ0v) is 3.87. The van der Waals surface area contributed by atoms with Crippen LogP contribution in [0.25, 0.3) is 0 Å². The van der Waals surface area contributed by atoms with Crippen LogP contribution in [0.15, 0.2) is 0 Å². The first-order valence-electron chi connectivity index (χ1n) is 0. The summed E-state index contributed by atoms with van der Waals surface area (Å²) in [4.78, 5) is 0. The Kier molecular flexibility index (Phi) is 796. The zero-order valence-electron chi connectivity index (χ0n) is 1.59. The molecule has 0 aromatic heterocycles. The molecule has 0 saturated heterocycles. The fourth-order valence-corrected chi connectivity index (χ4v) is 0. The third-order valence-corrected chi connectivity index (χ3v) is 0. The van der Waals surface area contributed by atoms with Crippen LogP contribution in [0.5, 0.6) is 0 Å². The van der Waals surface area contributed by atoms with Gasteiger partial charge in [0.2, 0.25) is 0 Å². The maximum Gasteiger partial charge on any atom is 3.00 e. The van der Waals surface area contributed by atoms with Crippen LogP contribution in [0.2, 0.25) is 0 Å². The summed E-state index contributed by atoms with van der Waals surface area (Å²) in [5.74, 6) is 0. The molecule has 0 rings (SSSR count). The Morgan fingerprint density at radius 1 is 1.00 bits per heavy atom. The summed E-state index contributed by atoms with van der Waals surface area (Å²) >= 11 is 0. The van der Waals surface area contributed by atoms with Crippen molar-refractivity contribution in [2.24, 2.45) is 0 Å². The van der Waals surface area contributed by atoms with Crippen molar-refractivity contribution in [3.05, 3.63) is 0 Å². The van der Waals surface area contributed by atoms with Gasteiger partial charge < -0.3 is 11.0 Å². The van der Waals surface area contributed by atoms with Crippen LogP contribution in [0, 0.1) is 0 Å². The molecule has 0 amide bonds. The van der Waals surface area contributed by atoms with Crippen LogP contribution in [0.1, 0.15) is 0 Å². The number of hydrogen-bond acceptors (Lipinski definition) is 1. The first kappa shape index (κ1) is 84.5. The number of hydrogen-bond donors (Lipinski definition) is 0. The van der Waals surface area contributed by atoms with Crippen molar-refractivity contribution in [2.45, 2.75) is 0 Å². The molecule has 0 fully saturated rings. The van der Waals surface area contributed by atoms with E-state index in [0.717, 1.165) is 0 Å². The van der Waals surface area contributed by atoms with Gasteiger partial charge in [0.15, 0.2) is 0 Å². The molecule has 0 aliphatic rings. The summed E-state index contributed by atoms with van der Waals surface area (Å²) < 4.78 is 0. The predicted molar refractivity (Wildman–Crippen MR) is 2.62 cm³/mol. The minimum absolute atomic E-state index is 0. The molecule has 4 heavy (non-hydrogen) atoms. The van der Waals surface area contributed by atoms with E-state index in [1.54, 1.807) is 0 Å². The number of rotatable bonds is 0. The van der Waals surface area contributed by atoms with Gasteiger partial charge in [0, 0.05) is 17.1 Å². The van der Waals surface area contributed by atoms with E-state index in [-0.39, 0.29) is 45.1 Å². The van der Waals surface area contributed by atoms with Crippen molar-refractivity contribution in [3.8, 4) is 0 Å². The van der Waals surface area contributed by atoms with E-state index in [0.29, 0.717) is 0 Å². The van der Waals surface area contributed by atoms with E-state index in [9.17, 15) is 0 Å². The Labute approximate surface area is 45.5 Å². The van der Waals surface area contributed by atoms with Crippen LogP contribution < -0.4 is 0 Å². The summed E-state index contributed by atoms with van der Waals surface area (Å²) in [6.07, 6.45) is 0. The molecule has 4 heteroatoms. The van der Waals surface area contributed by atoms with Crippen molar-refractivity contribution in [2.75, 3.05) is 0 Å². The summed E-state index contributed by atoms with van der Waals surface area (Å²) in [5.41, 5.74) is 0. The van der Waals surface area contributed by atoms with Gasteiger partial charge >= 0.3 is 17.1 Å². The molecule has 28 valence electrons. The second-order valence-corrected chi connectivity index (χ2v) is 0. The molecule has 0 aromatic rings. The van der Waals surface area contributed by atoms with Crippen molar-refractivity contribution >= 4 is 0 Å². The molecule has 0 aromatic carbocycles. The molecular formula is HFeMnO2.